The molecule has 1 aliphatic carbocycles. The first-order valence-electron chi connectivity index (χ1n) is 7.88. The Morgan fingerprint density at radius 3 is 2.83 bits per heavy atom. The van der Waals surface area contributed by atoms with Crippen molar-refractivity contribution in [2.24, 2.45) is 11.8 Å². The van der Waals surface area contributed by atoms with E-state index in [0.717, 1.165) is 5.56 Å². The van der Waals surface area contributed by atoms with E-state index in [1.54, 1.807) is 0 Å². The Morgan fingerprint density at radius 2 is 2.13 bits per heavy atom. The Kier molecular flexibility index (Phi) is 3.65. The SMILES string of the molecule is COC(=O)[C@]12C[C@@H](CO)[C@@H]3O[C@@H]3[C@H]1CO[C@@H](c1ccccc1)O2. The van der Waals surface area contributed by atoms with Crippen LogP contribution in [0.15, 0.2) is 30.3 Å². The predicted molar refractivity (Wildman–Crippen MR) is 78.3 cm³/mol. The van der Waals surface area contributed by atoms with Gasteiger partial charge in [-0.3, -0.25) is 0 Å². The second kappa shape index (κ2) is 5.56. The normalized spacial score (nSPS) is 41.6. The summed E-state index contributed by atoms with van der Waals surface area (Å²) in [5, 5.41) is 9.61. The molecule has 2 heterocycles. The smallest absolute Gasteiger partial charge is 0.338 e. The van der Waals surface area contributed by atoms with Crippen LogP contribution in [0.2, 0.25) is 0 Å². The highest BCUT2D eigenvalue weighted by atomic mass is 16.7. The van der Waals surface area contributed by atoms with Gasteiger partial charge in [0.25, 0.3) is 0 Å². The number of fused-ring (bicyclic) bond motifs is 3. The number of hydrogen-bond acceptors (Lipinski definition) is 6. The standard InChI is InChI=1S/C17H20O6/c1-20-16(19)17-7-11(8-18)13-14(22-13)12(17)9-21-15(23-17)10-5-3-2-4-6-10/h2-6,11-15,18H,7-9H2,1H3/t11-,12+,13-,14+,15+,17-/m0/s1. The van der Waals surface area contributed by atoms with E-state index in [9.17, 15) is 9.90 Å². The Bertz CT molecular complexity index is 590. The lowest BCUT2D eigenvalue weighted by Crippen LogP contribution is -2.60. The Balaban J connectivity index is 1.67. The van der Waals surface area contributed by atoms with E-state index in [0.29, 0.717) is 13.0 Å². The van der Waals surface area contributed by atoms with Crippen molar-refractivity contribution in [2.75, 3.05) is 20.3 Å². The van der Waals surface area contributed by atoms with Gasteiger partial charge >= 0.3 is 5.97 Å². The predicted octanol–water partition coefficient (Wildman–Crippen LogP) is 1.04. The summed E-state index contributed by atoms with van der Waals surface area (Å²) in [4.78, 5) is 12.6. The number of hydrogen-bond donors (Lipinski definition) is 1. The third-order valence-corrected chi connectivity index (χ3v) is 5.17. The van der Waals surface area contributed by atoms with Gasteiger partial charge in [0.05, 0.1) is 31.8 Å². The lowest BCUT2D eigenvalue weighted by molar-refractivity contribution is -0.295. The number of methoxy groups -OCH3 is 1. The number of aliphatic hydroxyl groups excluding tert-OH is 1. The molecule has 2 aliphatic heterocycles. The zero-order valence-electron chi connectivity index (χ0n) is 12.9. The molecular weight excluding hydrogens is 300 g/mol. The largest absolute Gasteiger partial charge is 0.467 e. The third-order valence-electron chi connectivity index (χ3n) is 5.17. The van der Waals surface area contributed by atoms with Gasteiger partial charge in [0.2, 0.25) is 0 Å². The Hall–Kier alpha value is -1.47. The molecule has 124 valence electrons. The number of esters is 1. The molecular formula is C17H20O6. The topological polar surface area (TPSA) is 77.5 Å². The van der Waals surface area contributed by atoms with Crippen LogP contribution in [0.1, 0.15) is 18.3 Å². The van der Waals surface area contributed by atoms with E-state index < -0.39 is 17.9 Å². The zero-order valence-corrected chi connectivity index (χ0v) is 12.9. The first-order valence-corrected chi connectivity index (χ1v) is 7.88. The first kappa shape index (κ1) is 15.1. The molecule has 0 bridgehead atoms. The fourth-order valence-electron chi connectivity index (χ4n) is 3.94. The van der Waals surface area contributed by atoms with E-state index in [1.807, 2.05) is 30.3 Å². The minimum Gasteiger partial charge on any atom is -0.467 e. The molecule has 4 rings (SSSR count). The highest BCUT2D eigenvalue weighted by molar-refractivity contribution is 5.81. The number of carbonyl (C=O) groups excluding carboxylic acids is 1. The van der Waals surface area contributed by atoms with Gasteiger partial charge in [0, 0.05) is 18.1 Å². The Labute approximate surface area is 134 Å². The van der Waals surface area contributed by atoms with Crippen LogP contribution in [0.25, 0.3) is 0 Å². The summed E-state index contributed by atoms with van der Waals surface area (Å²) < 4.78 is 22.7. The molecule has 23 heavy (non-hydrogen) atoms. The van der Waals surface area contributed by atoms with Crippen LogP contribution in [0.4, 0.5) is 0 Å². The molecule has 6 nitrogen and oxygen atoms in total. The van der Waals surface area contributed by atoms with Crippen molar-refractivity contribution in [3.05, 3.63) is 35.9 Å². The summed E-state index contributed by atoms with van der Waals surface area (Å²) in [6.45, 7) is 0.334. The van der Waals surface area contributed by atoms with Crippen LogP contribution in [-0.4, -0.2) is 49.2 Å². The zero-order chi connectivity index (χ0) is 16.0. The van der Waals surface area contributed by atoms with Gasteiger partial charge < -0.3 is 24.1 Å². The third kappa shape index (κ3) is 2.29. The number of carbonyl (C=O) groups is 1. The summed E-state index contributed by atoms with van der Waals surface area (Å²) >= 11 is 0. The molecule has 0 aromatic heterocycles. The second-order valence-electron chi connectivity index (χ2n) is 6.39. The molecule has 0 radical (unpaired) electrons. The molecule has 0 amide bonds. The van der Waals surface area contributed by atoms with Gasteiger partial charge in [-0.25, -0.2) is 4.79 Å². The summed E-state index contributed by atoms with van der Waals surface area (Å²) in [5.41, 5.74) is -0.271. The van der Waals surface area contributed by atoms with Gasteiger partial charge in [-0.1, -0.05) is 30.3 Å². The van der Waals surface area contributed by atoms with Crippen LogP contribution in [-0.2, 0) is 23.7 Å². The van der Waals surface area contributed by atoms with Gasteiger partial charge in [-0.2, -0.15) is 0 Å². The number of epoxide rings is 1. The van der Waals surface area contributed by atoms with E-state index in [4.69, 9.17) is 18.9 Å². The molecule has 6 heteroatoms. The van der Waals surface area contributed by atoms with Gasteiger partial charge in [0.1, 0.15) is 0 Å². The van der Waals surface area contributed by atoms with Crippen molar-refractivity contribution >= 4 is 5.97 Å². The first-order chi connectivity index (χ1) is 11.2. The molecule has 3 fully saturated rings. The minimum atomic E-state index is -1.13. The van der Waals surface area contributed by atoms with E-state index >= 15 is 0 Å². The highest BCUT2D eigenvalue weighted by Crippen LogP contribution is 2.54. The molecule has 1 aromatic rings. The second-order valence-corrected chi connectivity index (χ2v) is 6.39. The van der Waals surface area contributed by atoms with Crippen molar-refractivity contribution in [3.63, 3.8) is 0 Å². The average molecular weight is 320 g/mol. The average Bonchev–Trinajstić information content (AvgIpc) is 3.41. The molecule has 1 aromatic carbocycles. The van der Waals surface area contributed by atoms with Crippen molar-refractivity contribution in [3.8, 4) is 0 Å². The van der Waals surface area contributed by atoms with E-state index in [1.165, 1.54) is 7.11 Å². The number of benzene rings is 1. The molecule has 0 spiro atoms. The molecule has 0 unspecified atom stereocenters. The van der Waals surface area contributed by atoms with E-state index in [2.05, 4.69) is 0 Å². The van der Waals surface area contributed by atoms with Crippen LogP contribution in [0, 0.1) is 11.8 Å². The van der Waals surface area contributed by atoms with Gasteiger partial charge in [0.15, 0.2) is 11.9 Å². The van der Waals surface area contributed by atoms with E-state index in [-0.39, 0.29) is 30.7 Å². The lowest BCUT2D eigenvalue weighted by Gasteiger charge is -2.47. The van der Waals surface area contributed by atoms with Crippen molar-refractivity contribution < 1.29 is 28.8 Å². The number of ether oxygens (including phenoxy) is 4. The monoisotopic (exact) mass is 320 g/mol. The van der Waals surface area contributed by atoms with Crippen molar-refractivity contribution in [1.29, 1.82) is 0 Å². The van der Waals surface area contributed by atoms with Crippen LogP contribution in [0.3, 0.4) is 0 Å². The summed E-state index contributed by atoms with van der Waals surface area (Å²) in [6, 6.07) is 9.51. The number of rotatable bonds is 3. The maximum atomic E-state index is 12.6. The fraction of sp³-hybridized carbons (Fsp3) is 0.588. The van der Waals surface area contributed by atoms with Crippen LogP contribution >= 0.6 is 0 Å². The maximum absolute atomic E-state index is 12.6. The number of aliphatic hydroxyl groups is 1. The quantitative estimate of drug-likeness (QED) is 0.662. The molecule has 6 atom stereocenters. The van der Waals surface area contributed by atoms with Crippen LogP contribution in [0.5, 0.6) is 0 Å². The highest BCUT2D eigenvalue weighted by Gasteiger charge is 2.68. The fourth-order valence-corrected chi connectivity index (χ4v) is 3.94. The van der Waals surface area contributed by atoms with Crippen molar-refractivity contribution in [1.82, 2.24) is 0 Å². The molecule has 1 N–H and O–H groups in total. The maximum Gasteiger partial charge on any atom is 0.338 e. The Morgan fingerprint density at radius 1 is 1.35 bits per heavy atom. The van der Waals surface area contributed by atoms with Crippen molar-refractivity contribution in [2.45, 2.75) is 30.5 Å². The lowest BCUT2D eigenvalue weighted by atomic mass is 9.70. The minimum absolute atomic E-state index is 0.0109. The van der Waals surface area contributed by atoms with Crippen LogP contribution < -0.4 is 0 Å². The summed E-state index contributed by atoms with van der Waals surface area (Å²) in [6.07, 6.45) is -0.365. The molecule has 1 saturated carbocycles. The summed E-state index contributed by atoms with van der Waals surface area (Å²) in [5.74, 6) is -0.744. The summed E-state index contributed by atoms with van der Waals surface area (Å²) in [7, 11) is 1.36. The van der Waals surface area contributed by atoms with Gasteiger partial charge in [-0.15, -0.1) is 0 Å². The van der Waals surface area contributed by atoms with Gasteiger partial charge in [-0.05, 0) is 6.42 Å². The molecule has 3 aliphatic rings. The molecule has 2 saturated heterocycles.